The predicted octanol–water partition coefficient (Wildman–Crippen LogP) is 1.24. The first-order chi connectivity index (χ1) is 8.89. The van der Waals surface area contributed by atoms with Gasteiger partial charge in [0.2, 0.25) is 5.91 Å². The first-order valence-electron chi connectivity index (χ1n) is 6.22. The lowest BCUT2D eigenvalue weighted by Gasteiger charge is -2.28. The van der Waals surface area contributed by atoms with E-state index in [-0.39, 0.29) is 18.6 Å². The fraction of sp³-hybridized carbons (Fsp3) is 0.833. The molecule has 0 aromatic carbocycles. The van der Waals surface area contributed by atoms with Crippen LogP contribution in [-0.4, -0.2) is 53.2 Å². The number of nitrogens with zero attached hydrogens (tertiary/aromatic N) is 1. The van der Waals surface area contributed by atoms with Gasteiger partial charge in [-0.05, 0) is 27.2 Å². The largest absolute Gasteiger partial charge is 0.481 e. The van der Waals surface area contributed by atoms with E-state index in [9.17, 15) is 22.8 Å². The third-order valence-corrected chi connectivity index (χ3v) is 3.34. The van der Waals surface area contributed by atoms with Gasteiger partial charge in [0.05, 0.1) is 6.54 Å². The van der Waals surface area contributed by atoms with Gasteiger partial charge in [0.15, 0.2) is 5.41 Å². The van der Waals surface area contributed by atoms with E-state index < -0.39 is 36.4 Å². The Hall–Kier alpha value is -1.31. The molecule has 5 nitrogen and oxygen atoms in total. The molecular formula is C12H19F3N2O3. The molecule has 0 spiro atoms. The third kappa shape index (κ3) is 3.41. The molecule has 1 atom stereocenters. The zero-order valence-electron chi connectivity index (χ0n) is 11.7. The lowest BCUT2D eigenvalue weighted by atomic mass is 9.86. The lowest BCUT2D eigenvalue weighted by molar-refractivity contribution is -0.227. The molecule has 0 aromatic rings. The summed E-state index contributed by atoms with van der Waals surface area (Å²) in [6.07, 6.45) is -5.47. The van der Waals surface area contributed by atoms with Crippen molar-refractivity contribution in [3.63, 3.8) is 0 Å². The van der Waals surface area contributed by atoms with E-state index in [1.165, 1.54) is 0 Å². The summed E-state index contributed by atoms with van der Waals surface area (Å²) in [5.41, 5.74) is -3.19. The van der Waals surface area contributed by atoms with Crippen molar-refractivity contribution in [2.45, 2.75) is 38.9 Å². The second kappa shape index (κ2) is 5.23. The predicted molar refractivity (Wildman–Crippen MR) is 65.1 cm³/mol. The summed E-state index contributed by atoms with van der Waals surface area (Å²) in [5.74, 6) is -2.45. The van der Waals surface area contributed by atoms with Crippen molar-refractivity contribution in [2.75, 3.05) is 19.6 Å². The van der Waals surface area contributed by atoms with E-state index in [4.69, 9.17) is 5.11 Å². The Balaban J connectivity index is 2.75. The highest BCUT2D eigenvalue weighted by molar-refractivity contribution is 5.82. The van der Waals surface area contributed by atoms with Crippen molar-refractivity contribution in [3.8, 4) is 0 Å². The Morgan fingerprint density at radius 2 is 1.85 bits per heavy atom. The summed E-state index contributed by atoms with van der Waals surface area (Å²) in [5, 5.41) is 11.8. The van der Waals surface area contributed by atoms with Crippen LogP contribution in [0.4, 0.5) is 13.2 Å². The number of alkyl halides is 3. The van der Waals surface area contributed by atoms with E-state index in [0.717, 1.165) is 4.90 Å². The van der Waals surface area contributed by atoms with Crippen LogP contribution < -0.4 is 5.32 Å². The monoisotopic (exact) mass is 296 g/mol. The SMILES string of the molecule is CC(C)(C)NCC(=O)N1CCC(C(=O)O)(C(F)(F)F)C1. The molecule has 1 heterocycles. The van der Waals surface area contributed by atoms with Crippen molar-refractivity contribution in [3.05, 3.63) is 0 Å². The van der Waals surface area contributed by atoms with E-state index in [1.807, 2.05) is 20.8 Å². The van der Waals surface area contributed by atoms with Crippen LogP contribution in [0, 0.1) is 5.41 Å². The van der Waals surface area contributed by atoms with Gasteiger partial charge in [0.1, 0.15) is 0 Å². The number of amides is 1. The number of carboxylic acid groups (broad SMARTS) is 1. The fourth-order valence-electron chi connectivity index (χ4n) is 2.00. The first kappa shape index (κ1) is 16.7. The van der Waals surface area contributed by atoms with Crippen LogP contribution in [0.3, 0.4) is 0 Å². The van der Waals surface area contributed by atoms with Gasteiger partial charge in [-0.3, -0.25) is 9.59 Å². The van der Waals surface area contributed by atoms with E-state index >= 15 is 0 Å². The molecule has 8 heteroatoms. The number of nitrogens with one attached hydrogen (secondary N) is 1. The normalized spacial score (nSPS) is 24.0. The average molecular weight is 296 g/mol. The highest BCUT2D eigenvalue weighted by atomic mass is 19.4. The Morgan fingerprint density at radius 1 is 1.30 bits per heavy atom. The summed E-state index contributed by atoms with van der Waals surface area (Å²) in [6, 6.07) is 0. The van der Waals surface area contributed by atoms with Crippen molar-refractivity contribution < 1.29 is 27.9 Å². The van der Waals surface area contributed by atoms with Gasteiger partial charge in [-0.25, -0.2) is 0 Å². The first-order valence-corrected chi connectivity index (χ1v) is 6.22. The van der Waals surface area contributed by atoms with Crippen LogP contribution in [0.5, 0.6) is 0 Å². The number of carbonyl (C=O) groups excluding carboxylic acids is 1. The van der Waals surface area contributed by atoms with Crippen LogP contribution >= 0.6 is 0 Å². The number of carboxylic acids is 1. The Morgan fingerprint density at radius 3 is 2.20 bits per heavy atom. The molecule has 0 radical (unpaired) electrons. The smallest absolute Gasteiger partial charge is 0.406 e. The maximum absolute atomic E-state index is 12.9. The van der Waals surface area contributed by atoms with Gasteiger partial charge in [0, 0.05) is 18.6 Å². The molecule has 1 fully saturated rings. The average Bonchev–Trinajstić information content (AvgIpc) is 2.70. The maximum Gasteiger partial charge on any atom is 0.406 e. The Bertz CT molecular complexity index is 404. The molecule has 1 amide bonds. The molecule has 1 rings (SSSR count). The van der Waals surface area contributed by atoms with Gasteiger partial charge in [0.25, 0.3) is 0 Å². The molecule has 1 aliphatic heterocycles. The number of aliphatic carboxylic acids is 1. The second-order valence-electron chi connectivity index (χ2n) is 6.05. The number of carbonyl (C=O) groups is 2. The van der Waals surface area contributed by atoms with Crippen molar-refractivity contribution in [1.82, 2.24) is 10.2 Å². The molecule has 20 heavy (non-hydrogen) atoms. The zero-order chi connectivity index (χ0) is 15.8. The quantitative estimate of drug-likeness (QED) is 0.822. The second-order valence-corrected chi connectivity index (χ2v) is 6.05. The molecule has 0 aliphatic carbocycles. The van der Waals surface area contributed by atoms with Gasteiger partial charge in [-0.2, -0.15) is 13.2 Å². The summed E-state index contributed by atoms with van der Waals surface area (Å²) < 4.78 is 38.8. The minimum absolute atomic E-state index is 0.114. The topological polar surface area (TPSA) is 69.6 Å². The van der Waals surface area contributed by atoms with E-state index in [0.29, 0.717) is 0 Å². The minimum atomic E-state index is -4.87. The summed E-state index contributed by atoms with van der Waals surface area (Å²) >= 11 is 0. The fourth-order valence-corrected chi connectivity index (χ4v) is 2.00. The summed E-state index contributed by atoms with van der Waals surface area (Å²) in [6.45, 7) is 4.33. The van der Waals surface area contributed by atoms with Crippen LogP contribution in [0.15, 0.2) is 0 Å². The van der Waals surface area contributed by atoms with Crippen molar-refractivity contribution >= 4 is 11.9 Å². The molecule has 2 N–H and O–H groups in total. The van der Waals surface area contributed by atoms with Crippen LogP contribution in [0.1, 0.15) is 27.2 Å². The molecule has 0 saturated carbocycles. The minimum Gasteiger partial charge on any atom is -0.481 e. The summed E-state index contributed by atoms with van der Waals surface area (Å²) in [7, 11) is 0. The van der Waals surface area contributed by atoms with Gasteiger partial charge in [-0.1, -0.05) is 0 Å². The van der Waals surface area contributed by atoms with E-state index in [1.54, 1.807) is 0 Å². The number of hydrogen-bond acceptors (Lipinski definition) is 3. The molecular weight excluding hydrogens is 277 g/mol. The number of hydrogen-bond donors (Lipinski definition) is 2. The maximum atomic E-state index is 12.9. The Labute approximate surface area is 115 Å². The van der Waals surface area contributed by atoms with Gasteiger partial charge in [-0.15, -0.1) is 0 Å². The van der Waals surface area contributed by atoms with Crippen LogP contribution in [-0.2, 0) is 9.59 Å². The third-order valence-electron chi connectivity index (χ3n) is 3.34. The highest BCUT2D eigenvalue weighted by Gasteiger charge is 2.64. The number of likely N-dealkylation sites (tertiary alicyclic amines) is 1. The lowest BCUT2D eigenvalue weighted by Crippen LogP contribution is -2.49. The van der Waals surface area contributed by atoms with E-state index in [2.05, 4.69) is 5.32 Å². The molecule has 0 bridgehead atoms. The summed E-state index contributed by atoms with van der Waals surface area (Å²) in [4.78, 5) is 23.8. The van der Waals surface area contributed by atoms with Crippen LogP contribution in [0.2, 0.25) is 0 Å². The molecule has 1 aliphatic rings. The van der Waals surface area contributed by atoms with Gasteiger partial charge >= 0.3 is 12.1 Å². The number of halogens is 3. The van der Waals surface area contributed by atoms with Gasteiger partial charge < -0.3 is 15.3 Å². The zero-order valence-corrected chi connectivity index (χ0v) is 11.7. The molecule has 116 valence electrons. The molecule has 1 saturated heterocycles. The number of rotatable bonds is 3. The molecule has 1 unspecified atom stereocenters. The Kier molecular flexibility index (Phi) is 4.38. The standard InChI is InChI=1S/C12H19F3N2O3/c1-10(2,3)16-6-8(18)17-5-4-11(7-17,9(19)20)12(13,14)15/h16H,4-7H2,1-3H3,(H,19,20). The van der Waals surface area contributed by atoms with Crippen LogP contribution in [0.25, 0.3) is 0 Å². The van der Waals surface area contributed by atoms with Crippen molar-refractivity contribution in [1.29, 1.82) is 0 Å². The van der Waals surface area contributed by atoms with Crippen molar-refractivity contribution in [2.24, 2.45) is 5.41 Å². The highest BCUT2D eigenvalue weighted by Crippen LogP contribution is 2.45. The molecule has 0 aromatic heterocycles.